The molecule has 3 atom stereocenters. The summed E-state index contributed by atoms with van der Waals surface area (Å²) in [6.45, 7) is 1.65. The average molecular weight is 247 g/mol. The molecule has 1 fully saturated rings. The molecule has 3 nitrogen and oxygen atoms in total. The Morgan fingerprint density at radius 2 is 2.22 bits per heavy atom. The van der Waals surface area contributed by atoms with Crippen molar-refractivity contribution in [1.82, 2.24) is 0 Å². The molecule has 1 saturated heterocycles. The van der Waals surface area contributed by atoms with E-state index < -0.39 is 0 Å². The van der Waals surface area contributed by atoms with E-state index in [0.717, 1.165) is 31.8 Å². The van der Waals surface area contributed by atoms with Crippen LogP contribution in [-0.4, -0.2) is 25.4 Å². The van der Waals surface area contributed by atoms with E-state index in [9.17, 15) is 0 Å². The second kappa shape index (κ2) is 5.29. The fraction of sp³-hybridized carbons (Fsp3) is 0.600. The Labute approximate surface area is 108 Å². The van der Waals surface area contributed by atoms with E-state index in [0.29, 0.717) is 12.0 Å². The molecule has 98 valence electrons. The van der Waals surface area contributed by atoms with Crippen molar-refractivity contribution in [2.24, 2.45) is 5.73 Å². The van der Waals surface area contributed by atoms with E-state index in [1.165, 1.54) is 18.4 Å². The first-order valence-corrected chi connectivity index (χ1v) is 6.93. The lowest BCUT2D eigenvalue weighted by molar-refractivity contribution is 0.0996. The first-order valence-electron chi connectivity index (χ1n) is 6.93. The van der Waals surface area contributed by atoms with Gasteiger partial charge in [0.2, 0.25) is 0 Å². The Kier molecular flexibility index (Phi) is 3.52. The lowest BCUT2D eigenvalue weighted by Crippen LogP contribution is -2.30. The molecule has 2 heterocycles. The fourth-order valence-corrected chi connectivity index (χ4v) is 2.99. The molecular weight excluding hydrogens is 226 g/mol. The van der Waals surface area contributed by atoms with Crippen LogP contribution in [-0.2, 0) is 4.74 Å². The van der Waals surface area contributed by atoms with Crippen LogP contribution in [0.25, 0.3) is 0 Å². The quantitative estimate of drug-likeness (QED) is 0.888. The predicted octanol–water partition coefficient (Wildman–Crippen LogP) is 2.45. The van der Waals surface area contributed by atoms with Gasteiger partial charge >= 0.3 is 0 Å². The van der Waals surface area contributed by atoms with Crippen molar-refractivity contribution in [2.45, 2.75) is 43.7 Å². The zero-order valence-electron chi connectivity index (χ0n) is 10.7. The number of nitrogens with two attached hydrogens (primary N) is 1. The standard InChI is InChI=1S/C15H21NO2/c16-14(8-7-11-4-3-9-17-11)13-10-18-15-6-2-1-5-12(13)15/h1-2,5-6,11,13-14H,3-4,7-10,16H2. The molecule has 3 unspecified atom stereocenters. The summed E-state index contributed by atoms with van der Waals surface area (Å²) < 4.78 is 11.3. The smallest absolute Gasteiger partial charge is 0.122 e. The van der Waals surface area contributed by atoms with Gasteiger partial charge in [-0.1, -0.05) is 18.2 Å². The zero-order chi connectivity index (χ0) is 12.4. The first kappa shape index (κ1) is 12.0. The zero-order valence-corrected chi connectivity index (χ0v) is 10.7. The summed E-state index contributed by atoms with van der Waals surface area (Å²) in [7, 11) is 0. The topological polar surface area (TPSA) is 44.5 Å². The van der Waals surface area contributed by atoms with Gasteiger partial charge < -0.3 is 15.2 Å². The Morgan fingerprint density at radius 1 is 1.33 bits per heavy atom. The number of rotatable bonds is 4. The molecule has 0 aromatic heterocycles. The maximum atomic E-state index is 6.34. The summed E-state index contributed by atoms with van der Waals surface area (Å²) in [5.41, 5.74) is 7.61. The Morgan fingerprint density at radius 3 is 3.06 bits per heavy atom. The van der Waals surface area contributed by atoms with E-state index in [1.807, 2.05) is 12.1 Å². The van der Waals surface area contributed by atoms with Crippen LogP contribution in [0.1, 0.15) is 37.2 Å². The van der Waals surface area contributed by atoms with Gasteiger partial charge in [-0.2, -0.15) is 0 Å². The van der Waals surface area contributed by atoms with E-state index in [2.05, 4.69) is 12.1 Å². The van der Waals surface area contributed by atoms with Gasteiger partial charge in [0.1, 0.15) is 5.75 Å². The summed E-state index contributed by atoms with van der Waals surface area (Å²) in [5.74, 6) is 1.36. The van der Waals surface area contributed by atoms with Crippen molar-refractivity contribution < 1.29 is 9.47 Å². The molecule has 18 heavy (non-hydrogen) atoms. The van der Waals surface area contributed by atoms with Gasteiger partial charge in [0.25, 0.3) is 0 Å². The monoisotopic (exact) mass is 247 g/mol. The van der Waals surface area contributed by atoms with E-state index in [1.54, 1.807) is 0 Å². The highest BCUT2D eigenvalue weighted by atomic mass is 16.5. The van der Waals surface area contributed by atoms with Gasteiger partial charge in [0.05, 0.1) is 12.7 Å². The van der Waals surface area contributed by atoms with Crippen LogP contribution in [0.3, 0.4) is 0 Å². The second-order valence-corrected chi connectivity index (χ2v) is 5.33. The lowest BCUT2D eigenvalue weighted by atomic mass is 9.90. The van der Waals surface area contributed by atoms with Gasteiger partial charge in [-0.05, 0) is 31.7 Å². The summed E-state index contributed by atoms with van der Waals surface area (Å²) in [5, 5.41) is 0. The Bertz CT molecular complexity index is 401. The molecule has 0 saturated carbocycles. The number of ether oxygens (including phenoxy) is 2. The molecule has 3 heteroatoms. The molecule has 2 aliphatic rings. The normalized spacial score (nSPS) is 27.8. The van der Waals surface area contributed by atoms with Crippen molar-refractivity contribution in [3.8, 4) is 5.75 Å². The Balaban J connectivity index is 1.58. The molecule has 0 bridgehead atoms. The summed E-state index contributed by atoms with van der Waals surface area (Å²) in [6, 6.07) is 8.42. The first-order chi connectivity index (χ1) is 8.84. The van der Waals surface area contributed by atoms with E-state index >= 15 is 0 Å². The lowest BCUT2D eigenvalue weighted by Gasteiger charge is -2.19. The van der Waals surface area contributed by atoms with Gasteiger partial charge in [-0.15, -0.1) is 0 Å². The molecule has 2 N–H and O–H groups in total. The van der Waals surface area contributed by atoms with Gasteiger partial charge in [0.15, 0.2) is 0 Å². The summed E-state index contributed by atoms with van der Waals surface area (Å²) in [4.78, 5) is 0. The highest BCUT2D eigenvalue weighted by Gasteiger charge is 2.29. The minimum Gasteiger partial charge on any atom is -0.493 e. The largest absolute Gasteiger partial charge is 0.493 e. The minimum atomic E-state index is 0.179. The number of fused-ring (bicyclic) bond motifs is 1. The third-order valence-electron chi connectivity index (χ3n) is 4.10. The third kappa shape index (κ3) is 2.38. The van der Waals surface area contributed by atoms with Gasteiger partial charge in [-0.25, -0.2) is 0 Å². The molecule has 3 rings (SSSR count). The van der Waals surface area contributed by atoms with Crippen LogP contribution in [0.4, 0.5) is 0 Å². The minimum absolute atomic E-state index is 0.179. The number of hydrogen-bond donors (Lipinski definition) is 1. The molecule has 2 aliphatic heterocycles. The molecule has 0 spiro atoms. The SMILES string of the molecule is NC(CCC1CCCO1)C1COc2ccccc21. The van der Waals surface area contributed by atoms with Crippen LogP contribution < -0.4 is 10.5 Å². The molecule has 0 amide bonds. The molecule has 0 aliphatic carbocycles. The highest BCUT2D eigenvalue weighted by molar-refractivity contribution is 5.40. The van der Waals surface area contributed by atoms with Crippen LogP contribution >= 0.6 is 0 Å². The summed E-state index contributed by atoms with van der Waals surface area (Å²) >= 11 is 0. The maximum absolute atomic E-state index is 6.34. The molecule has 0 radical (unpaired) electrons. The van der Waals surface area contributed by atoms with Crippen LogP contribution in [0.2, 0.25) is 0 Å². The van der Waals surface area contributed by atoms with Gasteiger partial charge in [0, 0.05) is 24.1 Å². The van der Waals surface area contributed by atoms with Crippen molar-refractivity contribution in [2.75, 3.05) is 13.2 Å². The Hall–Kier alpha value is -1.06. The van der Waals surface area contributed by atoms with Crippen molar-refractivity contribution in [3.63, 3.8) is 0 Å². The average Bonchev–Trinajstić information content (AvgIpc) is 3.05. The van der Waals surface area contributed by atoms with Crippen LogP contribution in [0.5, 0.6) is 5.75 Å². The summed E-state index contributed by atoms with van der Waals surface area (Å²) in [6.07, 6.45) is 4.95. The molecule has 1 aromatic carbocycles. The third-order valence-corrected chi connectivity index (χ3v) is 4.10. The number of hydrogen-bond acceptors (Lipinski definition) is 3. The van der Waals surface area contributed by atoms with E-state index in [-0.39, 0.29) is 6.04 Å². The highest BCUT2D eigenvalue weighted by Crippen LogP contribution is 2.36. The predicted molar refractivity (Wildman–Crippen MR) is 70.9 cm³/mol. The maximum Gasteiger partial charge on any atom is 0.122 e. The van der Waals surface area contributed by atoms with Crippen molar-refractivity contribution in [3.05, 3.63) is 29.8 Å². The number of para-hydroxylation sites is 1. The van der Waals surface area contributed by atoms with E-state index in [4.69, 9.17) is 15.2 Å². The fourth-order valence-electron chi connectivity index (χ4n) is 2.99. The van der Waals surface area contributed by atoms with Crippen molar-refractivity contribution in [1.29, 1.82) is 0 Å². The molecular formula is C15H21NO2. The van der Waals surface area contributed by atoms with Crippen LogP contribution in [0, 0.1) is 0 Å². The molecule has 1 aromatic rings. The van der Waals surface area contributed by atoms with Crippen molar-refractivity contribution >= 4 is 0 Å². The number of benzene rings is 1. The van der Waals surface area contributed by atoms with Gasteiger partial charge in [-0.3, -0.25) is 0 Å². The second-order valence-electron chi connectivity index (χ2n) is 5.33. The van der Waals surface area contributed by atoms with Crippen LogP contribution in [0.15, 0.2) is 24.3 Å².